The molecule has 0 spiro atoms. The molecule has 0 N–H and O–H groups in total. The number of nitrogens with zero attached hydrogens (tertiary/aromatic N) is 1. The molecule has 0 saturated carbocycles. The average molecular weight is 237 g/mol. The van der Waals surface area contributed by atoms with E-state index < -0.39 is 5.82 Å². The van der Waals surface area contributed by atoms with Gasteiger partial charge in [-0.15, -0.1) is 0 Å². The zero-order valence-electron chi connectivity index (χ0n) is 10.1. The summed E-state index contributed by atoms with van der Waals surface area (Å²) in [6.45, 7) is 5.31. The molecular formula is C13H16FNO2. The molecule has 0 bridgehead atoms. The van der Waals surface area contributed by atoms with E-state index in [4.69, 9.17) is 4.74 Å². The number of benzene rings is 1. The minimum atomic E-state index is -0.459. The molecule has 92 valence electrons. The number of ether oxygens (including phenoxy) is 1. The fraction of sp³-hybridized carbons (Fsp3) is 0.462. The van der Waals surface area contributed by atoms with Crippen LogP contribution < -0.4 is 0 Å². The van der Waals surface area contributed by atoms with E-state index >= 15 is 0 Å². The fourth-order valence-corrected chi connectivity index (χ4v) is 1.99. The van der Waals surface area contributed by atoms with Crippen LogP contribution >= 0.6 is 0 Å². The third kappa shape index (κ3) is 2.47. The highest BCUT2D eigenvalue weighted by molar-refractivity contribution is 5.95. The van der Waals surface area contributed by atoms with Crippen LogP contribution in [0.25, 0.3) is 0 Å². The quantitative estimate of drug-likeness (QED) is 0.747. The van der Waals surface area contributed by atoms with Gasteiger partial charge >= 0.3 is 0 Å². The molecule has 4 heteroatoms. The summed E-state index contributed by atoms with van der Waals surface area (Å²) in [7, 11) is 0. The van der Waals surface area contributed by atoms with Gasteiger partial charge in [0.1, 0.15) is 5.82 Å². The predicted octanol–water partition coefficient (Wildman–Crippen LogP) is 2.00. The number of carbonyl (C=O) groups is 1. The van der Waals surface area contributed by atoms with Gasteiger partial charge in [-0.05, 0) is 26.0 Å². The van der Waals surface area contributed by atoms with Gasteiger partial charge in [-0.25, -0.2) is 4.39 Å². The van der Waals surface area contributed by atoms with Crippen LogP contribution in [0.2, 0.25) is 0 Å². The van der Waals surface area contributed by atoms with Crippen LogP contribution in [-0.4, -0.2) is 36.6 Å². The molecule has 1 aliphatic rings. The molecule has 1 unspecified atom stereocenters. The molecule has 1 heterocycles. The molecule has 1 aromatic carbocycles. The van der Waals surface area contributed by atoms with Gasteiger partial charge in [0.25, 0.3) is 5.91 Å². The Morgan fingerprint density at radius 1 is 1.53 bits per heavy atom. The first-order valence-corrected chi connectivity index (χ1v) is 5.74. The van der Waals surface area contributed by atoms with Crippen molar-refractivity contribution >= 4 is 5.91 Å². The van der Waals surface area contributed by atoms with Crippen molar-refractivity contribution in [2.45, 2.75) is 19.9 Å². The van der Waals surface area contributed by atoms with Crippen molar-refractivity contribution in [1.29, 1.82) is 0 Å². The van der Waals surface area contributed by atoms with E-state index in [9.17, 15) is 9.18 Å². The lowest BCUT2D eigenvalue weighted by Crippen LogP contribution is -2.47. The summed E-state index contributed by atoms with van der Waals surface area (Å²) in [5.41, 5.74) is 1.04. The fourth-order valence-electron chi connectivity index (χ4n) is 1.99. The van der Waals surface area contributed by atoms with Crippen molar-refractivity contribution in [3.05, 3.63) is 35.1 Å². The van der Waals surface area contributed by atoms with E-state index in [1.807, 2.05) is 13.8 Å². The third-order valence-corrected chi connectivity index (χ3v) is 2.98. The van der Waals surface area contributed by atoms with Crippen molar-refractivity contribution in [2.75, 3.05) is 19.8 Å². The van der Waals surface area contributed by atoms with Crippen LogP contribution in [0.3, 0.4) is 0 Å². The Balaban J connectivity index is 2.26. The first-order chi connectivity index (χ1) is 8.09. The van der Waals surface area contributed by atoms with Crippen molar-refractivity contribution in [2.24, 2.45) is 0 Å². The average Bonchev–Trinajstić information content (AvgIpc) is 2.32. The van der Waals surface area contributed by atoms with Crippen LogP contribution in [0.15, 0.2) is 18.2 Å². The van der Waals surface area contributed by atoms with Gasteiger partial charge in [0.05, 0.1) is 24.8 Å². The number of morpholine rings is 1. The minimum Gasteiger partial charge on any atom is -0.377 e. The molecule has 17 heavy (non-hydrogen) atoms. The second kappa shape index (κ2) is 4.84. The standard InChI is InChI=1S/C13H16FNO2/c1-9-3-4-12(14)11(7-9)13(16)15-5-6-17-8-10(15)2/h3-4,7,10H,5-6,8H2,1-2H3. The van der Waals surface area contributed by atoms with E-state index in [0.717, 1.165) is 5.56 Å². The van der Waals surface area contributed by atoms with Crippen LogP contribution in [0.5, 0.6) is 0 Å². The Morgan fingerprint density at radius 3 is 3.00 bits per heavy atom. The monoisotopic (exact) mass is 237 g/mol. The number of aryl methyl sites for hydroxylation is 1. The smallest absolute Gasteiger partial charge is 0.257 e. The molecule has 1 aromatic rings. The second-order valence-electron chi connectivity index (χ2n) is 4.41. The second-order valence-corrected chi connectivity index (χ2v) is 4.41. The van der Waals surface area contributed by atoms with E-state index in [1.54, 1.807) is 17.0 Å². The highest BCUT2D eigenvalue weighted by Gasteiger charge is 2.26. The van der Waals surface area contributed by atoms with Gasteiger partial charge in [-0.3, -0.25) is 4.79 Å². The lowest BCUT2D eigenvalue weighted by molar-refractivity contribution is 0.00334. The summed E-state index contributed by atoms with van der Waals surface area (Å²) in [6, 6.07) is 4.60. The van der Waals surface area contributed by atoms with E-state index in [2.05, 4.69) is 0 Å². The summed E-state index contributed by atoms with van der Waals surface area (Å²) < 4.78 is 18.9. The number of carbonyl (C=O) groups excluding carboxylic acids is 1. The van der Waals surface area contributed by atoms with Crippen molar-refractivity contribution in [1.82, 2.24) is 4.90 Å². The van der Waals surface area contributed by atoms with Gasteiger partial charge in [-0.1, -0.05) is 11.6 Å². The number of rotatable bonds is 1. The van der Waals surface area contributed by atoms with Crippen molar-refractivity contribution in [3.8, 4) is 0 Å². The van der Waals surface area contributed by atoms with Gasteiger partial charge in [0.15, 0.2) is 0 Å². The summed E-state index contributed by atoms with van der Waals surface area (Å²) in [5, 5.41) is 0. The number of halogens is 1. The lowest BCUT2D eigenvalue weighted by atomic mass is 10.1. The predicted molar refractivity (Wildman–Crippen MR) is 62.5 cm³/mol. The molecule has 3 nitrogen and oxygen atoms in total. The van der Waals surface area contributed by atoms with Crippen LogP contribution in [0.4, 0.5) is 4.39 Å². The van der Waals surface area contributed by atoms with E-state index in [1.165, 1.54) is 6.07 Å². The maximum Gasteiger partial charge on any atom is 0.257 e. The maximum atomic E-state index is 13.6. The zero-order chi connectivity index (χ0) is 12.4. The third-order valence-electron chi connectivity index (χ3n) is 2.98. The highest BCUT2D eigenvalue weighted by Crippen LogP contribution is 2.16. The zero-order valence-corrected chi connectivity index (χ0v) is 10.1. The lowest BCUT2D eigenvalue weighted by Gasteiger charge is -2.33. The van der Waals surface area contributed by atoms with Gasteiger partial charge in [0, 0.05) is 6.54 Å². The molecule has 0 radical (unpaired) electrons. The number of amides is 1. The van der Waals surface area contributed by atoms with Gasteiger partial charge in [0.2, 0.25) is 0 Å². The molecule has 1 atom stereocenters. The largest absolute Gasteiger partial charge is 0.377 e. The normalized spacial score (nSPS) is 20.4. The van der Waals surface area contributed by atoms with Gasteiger partial charge in [-0.2, -0.15) is 0 Å². The summed E-state index contributed by atoms with van der Waals surface area (Å²) in [4.78, 5) is 13.9. The van der Waals surface area contributed by atoms with Crippen LogP contribution in [0.1, 0.15) is 22.8 Å². The molecule has 0 aliphatic carbocycles. The SMILES string of the molecule is Cc1ccc(F)c(C(=O)N2CCOCC2C)c1. The van der Waals surface area contributed by atoms with Gasteiger partial charge < -0.3 is 9.64 Å². The maximum absolute atomic E-state index is 13.6. The Morgan fingerprint density at radius 2 is 2.29 bits per heavy atom. The summed E-state index contributed by atoms with van der Waals surface area (Å²) in [6.07, 6.45) is 0. The van der Waals surface area contributed by atoms with Crippen molar-refractivity contribution < 1.29 is 13.9 Å². The molecule has 0 aromatic heterocycles. The topological polar surface area (TPSA) is 29.5 Å². The Bertz CT molecular complexity index is 433. The summed E-state index contributed by atoms with van der Waals surface area (Å²) in [5.74, 6) is -0.707. The number of hydrogen-bond donors (Lipinski definition) is 0. The Hall–Kier alpha value is -1.42. The Kier molecular flexibility index (Phi) is 3.43. The minimum absolute atomic E-state index is 0.00355. The molecular weight excluding hydrogens is 221 g/mol. The first-order valence-electron chi connectivity index (χ1n) is 5.74. The molecule has 1 saturated heterocycles. The molecule has 2 rings (SSSR count). The Labute approximate surface area is 100 Å². The highest BCUT2D eigenvalue weighted by atomic mass is 19.1. The number of hydrogen-bond acceptors (Lipinski definition) is 2. The van der Waals surface area contributed by atoms with E-state index in [-0.39, 0.29) is 17.5 Å². The van der Waals surface area contributed by atoms with Crippen LogP contribution in [0, 0.1) is 12.7 Å². The van der Waals surface area contributed by atoms with E-state index in [0.29, 0.717) is 19.8 Å². The van der Waals surface area contributed by atoms with Crippen molar-refractivity contribution in [3.63, 3.8) is 0 Å². The summed E-state index contributed by atoms with van der Waals surface area (Å²) >= 11 is 0. The first kappa shape index (κ1) is 12.0. The molecule has 1 fully saturated rings. The van der Waals surface area contributed by atoms with Crippen LogP contribution in [-0.2, 0) is 4.74 Å². The molecule has 1 amide bonds. The molecule has 1 aliphatic heterocycles.